The van der Waals surface area contributed by atoms with Crippen molar-refractivity contribution in [3.8, 4) is 0 Å². The first-order valence-corrected chi connectivity index (χ1v) is 9.07. The fraction of sp³-hybridized carbons (Fsp3) is 0.526. The van der Waals surface area contributed by atoms with Crippen LogP contribution in [-0.2, 0) is 9.59 Å². The maximum atomic E-state index is 12.7. The molecule has 0 unspecified atom stereocenters. The van der Waals surface area contributed by atoms with Crippen molar-refractivity contribution in [2.45, 2.75) is 45.1 Å². The van der Waals surface area contributed by atoms with Gasteiger partial charge in [0.25, 0.3) is 5.91 Å². The van der Waals surface area contributed by atoms with Crippen LogP contribution >= 0.6 is 0 Å². The molecule has 2 saturated heterocycles. The maximum Gasteiger partial charge on any atom is 0.332 e. The highest BCUT2D eigenvalue weighted by Gasteiger charge is 2.44. The average molecular weight is 343 g/mol. The molecule has 2 fully saturated rings. The number of hydrogen-bond donors (Lipinski definition) is 0. The zero-order chi connectivity index (χ0) is 17.8. The van der Waals surface area contributed by atoms with Gasteiger partial charge in [-0.25, -0.2) is 4.79 Å². The van der Waals surface area contributed by atoms with E-state index in [4.69, 9.17) is 0 Å². The number of carbonyl (C=O) groups excluding carboxylic acids is 3. The van der Waals surface area contributed by atoms with E-state index in [2.05, 4.69) is 0 Å². The Labute approximate surface area is 148 Å². The fourth-order valence-corrected chi connectivity index (χ4v) is 3.53. The van der Waals surface area contributed by atoms with Gasteiger partial charge in [0.1, 0.15) is 12.6 Å². The number of imide groups is 1. The number of carbonyl (C=O) groups is 3. The van der Waals surface area contributed by atoms with E-state index in [9.17, 15) is 14.4 Å². The molecule has 2 aliphatic heterocycles. The summed E-state index contributed by atoms with van der Waals surface area (Å²) in [6, 6.07) is 8.11. The lowest BCUT2D eigenvalue weighted by atomic mass is 10.1. The third-order valence-electron chi connectivity index (χ3n) is 4.98. The molecule has 3 rings (SSSR count). The molecule has 4 amide bonds. The molecule has 1 atom stereocenters. The highest BCUT2D eigenvalue weighted by Crippen LogP contribution is 2.25. The first kappa shape index (κ1) is 17.5. The van der Waals surface area contributed by atoms with Crippen LogP contribution in [0.1, 0.15) is 39.0 Å². The first-order valence-electron chi connectivity index (χ1n) is 9.07. The molecule has 0 saturated carbocycles. The number of anilines is 1. The van der Waals surface area contributed by atoms with E-state index in [-0.39, 0.29) is 18.4 Å². The topological polar surface area (TPSA) is 60.9 Å². The van der Waals surface area contributed by atoms with E-state index in [1.165, 1.54) is 11.3 Å². The van der Waals surface area contributed by atoms with Crippen LogP contribution in [0.4, 0.5) is 10.5 Å². The number of benzene rings is 1. The quantitative estimate of drug-likeness (QED) is 0.793. The summed E-state index contributed by atoms with van der Waals surface area (Å²) in [5.74, 6) is -0.444. The largest absolute Gasteiger partial charge is 0.341 e. The Morgan fingerprint density at radius 3 is 2.24 bits per heavy atom. The van der Waals surface area contributed by atoms with Crippen molar-refractivity contribution in [3.05, 3.63) is 30.3 Å². The van der Waals surface area contributed by atoms with E-state index >= 15 is 0 Å². The van der Waals surface area contributed by atoms with Crippen molar-refractivity contribution in [2.24, 2.45) is 0 Å². The molecule has 1 aromatic carbocycles. The molecule has 0 aromatic heterocycles. The van der Waals surface area contributed by atoms with Crippen LogP contribution in [0.25, 0.3) is 0 Å². The zero-order valence-corrected chi connectivity index (χ0v) is 14.7. The molecule has 0 bridgehead atoms. The van der Waals surface area contributed by atoms with E-state index < -0.39 is 12.1 Å². The van der Waals surface area contributed by atoms with Gasteiger partial charge in [-0.1, -0.05) is 37.5 Å². The van der Waals surface area contributed by atoms with Crippen molar-refractivity contribution in [1.82, 2.24) is 9.80 Å². The van der Waals surface area contributed by atoms with E-state index in [0.717, 1.165) is 30.6 Å². The van der Waals surface area contributed by atoms with Crippen LogP contribution in [0.2, 0.25) is 0 Å². The van der Waals surface area contributed by atoms with Gasteiger partial charge in [-0.3, -0.25) is 19.4 Å². The molecule has 2 heterocycles. The normalized spacial score (nSPS) is 22.1. The standard InChI is InChI=1S/C19H25N3O3/c1-15-18(24)21(19(25)22(15)16-10-6-5-7-11-16)14-17(23)20-12-8-3-2-4-9-13-20/h5-7,10-11,15H,2-4,8-9,12-14H2,1H3/t15-/m0/s1. The minimum absolute atomic E-state index is 0.134. The number of amides is 4. The molecule has 1 aromatic rings. The van der Waals surface area contributed by atoms with Gasteiger partial charge in [-0.2, -0.15) is 0 Å². The third-order valence-corrected chi connectivity index (χ3v) is 4.98. The minimum Gasteiger partial charge on any atom is -0.341 e. The summed E-state index contributed by atoms with van der Waals surface area (Å²) in [5, 5.41) is 0. The van der Waals surface area contributed by atoms with Gasteiger partial charge < -0.3 is 4.90 Å². The summed E-state index contributed by atoms with van der Waals surface area (Å²) in [7, 11) is 0. The van der Waals surface area contributed by atoms with E-state index in [0.29, 0.717) is 18.8 Å². The molecule has 6 heteroatoms. The number of hydrogen-bond acceptors (Lipinski definition) is 3. The Morgan fingerprint density at radius 2 is 1.60 bits per heavy atom. The van der Waals surface area contributed by atoms with Crippen molar-refractivity contribution in [3.63, 3.8) is 0 Å². The van der Waals surface area contributed by atoms with Gasteiger partial charge >= 0.3 is 6.03 Å². The summed E-state index contributed by atoms with van der Waals surface area (Å²) in [6.45, 7) is 2.97. The van der Waals surface area contributed by atoms with Crippen molar-refractivity contribution >= 4 is 23.5 Å². The zero-order valence-electron chi connectivity index (χ0n) is 14.7. The van der Waals surface area contributed by atoms with Gasteiger partial charge in [0.05, 0.1) is 0 Å². The average Bonchev–Trinajstić information content (AvgIpc) is 2.79. The van der Waals surface area contributed by atoms with Crippen LogP contribution in [0.15, 0.2) is 30.3 Å². The molecular weight excluding hydrogens is 318 g/mol. The number of likely N-dealkylation sites (tertiary alicyclic amines) is 1. The SMILES string of the molecule is C[C@H]1C(=O)N(CC(=O)N2CCCCCCC2)C(=O)N1c1ccccc1. The van der Waals surface area contributed by atoms with E-state index in [1.807, 2.05) is 18.2 Å². The predicted molar refractivity (Wildman–Crippen MR) is 95.2 cm³/mol. The van der Waals surface area contributed by atoms with Crippen LogP contribution in [0.5, 0.6) is 0 Å². The van der Waals surface area contributed by atoms with Crippen LogP contribution in [0.3, 0.4) is 0 Å². The Hall–Kier alpha value is -2.37. The molecule has 0 N–H and O–H groups in total. The Bertz CT molecular complexity index is 639. The minimum atomic E-state index is -0.588. The molecular formula is C19H25N3O3. The Morgan fingerprint density at radius 1 is 1.00 bits per heavy atom. The molecule has 2 aliphatic rings. The lowest BCUT2D eigenvalue weighted by molar-refractivity contribution is -0.137. The van der Waals surface area contributed by atoms with Crippen LogP contribution in [0, 0.1) is 0 Å². The second-order valence-electron chi connectivity index (χ2n) is 6.74. The van der Waals surface area contributed by atoms with Gasteiger partial charge in [0.2, 0.25) is 5.91 Å². The lowest BCUT2D eigenvalue weighted by Crippen LogP contribution is -2.44. The smallest absolute Gasteiger partial charge is 0.332 e. The van der Waals surface area contributed by atoms with Crippen LogP contribution in [-0.4, -0.2) is 53.3 Å². The molecule has 0 radical (unpaired) electrons. The van der Waals surface area contributed by atoms with Gasteiger partial charge in [0, 0.05) is 18.8 Å². The highest BCUT2D eigenvalue weighted by molar-refractivity contribution is 6.15. The molecule has 134 valence electrons. The van der Waals surface area contributed by atoms with Crippen LogP contribution < -0.4 is 4.90 Å². The summed E-state index contributed by atoms with van der Waals surface area (Å²) in [6.07, 6.45) is 5.45. The fourth-order valence-electron chi connectivity index (χ4n) is 3.53. The molecule has 25 heavy (non-hydrogen) atoms. The van der Waals surface area contributed by atoms with Crippen molar-refractivity contribution in [2.75, 3.05) is 24.5 Å². The van der Waals surface area contributed by atoms with Gasteiger partial charge in [0.15, 0.2) is 0 Å². The third kappa shape index (κ3) is 3.67. The second kappa shape index (κ2) is 7.68. The number of para-hydroxylation sites is 1. The summed E-state index contributed by atoms with van der Waals surface area (Å²) in [5.41, 5.74) is 0.676. The molecule has 6 nitrogen and oxygen atoms in total. The van der Waals surface area contributed by atoms with E-state index in [1.54, 1.807) is 24.0 Å². The maximum absolute atomic E-state index is 12.7. The Balaban J connectivity index is 1.70. The molecule has 0 spiro atoms. The summed E-state index contributed by atoms with van der Waals surface area (Å²) < 4.78 is 0. The number of nitrogens with zero attached hydrogens (tertiary/aromatic N) is 3. The predicted octanol–water partition coefficient (Wildman–Crippen LogP) is 2.64. The second-order valence-corrected chi connectivity index (χ2v) is 6.74. The first-order chi connectivity index (χ1) is 12.1. The van der Waals surface area contributed by atoms with Crippen molar-refractivity contribution < 1.29 is 14.4 Å². The summed E-state index contributed by atoms with van der Waals surface area (Å²) >= 11 is 0. The number of urea groups is 1. The lowest BCUT2D eigenvalue weighted by Gasteiger charge is -2.26. The monoisotopic (exact) mass is 343 g/mol. The van der Waals surface area contributed by atoms with Gasteiger partial charge in [-0.15, -0.1) is 0 Å². The Kier molecular flexibility index (Phi) is 5.36. The van der Waals surface area contributed by atoms with Gasteiger partial charge in [-0.05, 0) is 31.9 Å². The molecule has 0 aliphatic carbocycles. The number of rotatable bonds is 3. The highest BCUT2D eigenvalue weighted by atomic mass is 16.2. The summed E-state index contributed by atoms with van der Waals surface area (Å²) in [4.78, 5) is 42.2. The van der Waals surface area contributed by atoms with Crippen molar-refractivity contribution in [1.29, 1.82) is 0 Å².